The molecule has 0 spiro atoms. The van der Waals surface area contributed by atoms with Gasteiger partial charge in [-0.1, -0.05) is 60.7 Å². The molecule has 2 aromatic heterocycles. The number of hydrogen-bond acceptors (Lipinski definition) is 3. The van der Waals surface area contributed by atoms with E-state index in [2.05, 4.69) is 80.9 Å². The molecule has 34 heavy (non-hydrogen) atoms. The van der Waals surface area contributed by atoms with Gasteiger partial charge in [-0.2, -0.15) is 0 Å². The van der Waals surface area contributed by atoms with Crippen LogP contribution in [0.15, 0.2) is 102 Å². The second kappa shape index (κ2) is 11.0. The Bertz CT molecular complexity index is 1290. The molecule has 5 aromatic rings. The van der Waals surface area contributed by atoms with Crippen molar-refractivity contribution in [3.05, 3.63) is 103 Å². The van der Waals surface area contributed by atoms with E-state index in [-0.39, 0.29) is 0 Å². The van der Waals surface area contributed by atoms with Crippen LogP contribution in [0.3, 0.4) is 0 Å². The minimum Gasteiger partial charge on any atom is -0.361 e. The molecule has 3 aromatic carbocycles. The normalized spacial score (nSPS) is 14.9. The zero-order valence-corrected chi connectivity index (χ0v) is 20.5. The largest absolute Gasteiger partial charge is 0.361 e. The van der Waals surface area contributed by atoms with Crippen molar-refractivity contribution < 1.29 is 0 Å². The van der Waals surface area contributed by atoms with E-state index in [1.807, 2.05) is 42.6 Å². The fourth-order valence-electron chi connectivity index (χ4n) is 4.81. The standard InChI is InChI=1S/C23H26N4S.C6H6/c1-26-16-20(19-6-2-3-7-22(19)26)23(27-12-4-5-13-27)15-25-28-18-9-8-17-10-11-24-21(17)14-18;1-2-4-6-5-3-1/h2-3,6-11,14,16,23-25H,4-5,12-13,15H2,1H3;1-6H. The van der Waals surface area contributed by atoms with E-state index in [0.29, 0.717) is 6.04 Å². The Morgan fingerprint density at radius 1 is 0.912 bits per heavy atom. The van der Waals surface area contributed by atoms with Gasteiger partial charge in [-0.15, -0.1) is 0 Å². The summed E-state index contributed by atoms with van der Waals surface area (Å²) in [5.74, 6) is 0. The van der Waals surface area contributed by atoms with E-state index in [4.69, 9.17) is 0 Å². The molecule has 0 bridgehead atoms. The smallest absolute Gasteiger partial charge is 0.0503 e. The Kier molecular flexibility index (Phi) is 7.34. The van der Waals surface area contributed by atoms with Crippen LogP contribution in [0.25, 0.3) is 21.8 Å². The van der Waals surface area contributed by atoms with Gasteiger partial charge in [0.2, 0.25) is 0 Å². The SMILES string of the molecule is Cn1cc(C(CNSc2ccc3cc[nH]c3c2)N2CCCC2)c2ccccc21.c1ccccc1. The first-order valence-corrected chi connectivity index (χ1v) is 12.9. The minimum atomic E-state index is 0.398. The van der Waals surface area contributed by atoms with Gasteiger partial charge in [0, 0.05) is 47.3 Å². The van der Waals surface area contributed by atoms with Crippen LogP contribution >= 0.6 is 11.9 Å². The number of para-hydroxylation sites is 1. The van der Waals surface area contributed by atoms with Crippen LogP contribution in [0.4, 0.5) is 0 Å². The summed E-state index contributed by atoms with van der Waals surface area (Å²) in [6, 6.07) is 29.9. The number of likely N-dealkylation sites (tertiary alicyclic amines) is 1. The van der Waals surface area contributed by atoms with Gasteiger partial charge in [0.1, 0.15) is 0 Å². The van der Waals surface area contributed by atoms with Crippen molar-refractivity contribution in [2.24, 2.45) is 7.05 Å². The average molecular weight is 469 g/mol. The molecule has 0 aliphatic carbocycles. The molecule has 2 N–H and O–H groups in total. The van der Waals surface area contributed by atoms with E-state index in [9.17, 15) is 0 Å². The zero-order valence-electron chi connectivity index (χ0n) is 19.7. The molecule has 1 fully saturated rings. The Morgan fingerprint density at radius 3 is 2.41 bits per heavy atom. The molecule has 5 heteroatoms. The van der Waals surface area contributed by atoms with E-state index in [0.717, 1.165) is 6.54 Å². The van der Waals surface area contributed by atoms with Crippen LogP contribution in [-0.2, 0) is 7.05 Å². The molecule has 1 unspecified atom stereocenters. The quantitative estimate of drug-likeness (QED) is 0.270. The van der Waals surface area contributed by atoms with Gasteiger partial charge in [-0.25, -0.2) is 0 Å². The highest BCUT2D eigenvalue weighted by molar-refractivity contribution is 7.97. The van der Waals surface area contributed by atoms with Crippen LogP contribution in [0.2, 0.25) is 0 Å². The van der Waals surface area contributed by atoms with Crippen LogP contribution in [-0.4, -0.2) is 34.1 Å². The highest BCUT2D eigenvalue weighted by Crippen LogP contribution is 2.32. The van der Waals surface area contributed by atoms with Gasteiger partial charge in [0.15, 0.2) is 0 Å². The number of aromatic amines is 1. The number of hydrogen-bond donors (Lipinski definition) is 2. The monoisotopic (exact) mass is 468 g/mol. The summed E-state index contributed by atoms with van der Waals surface area (Å²) in [7, 11) is 2.15. The number of aryl methyl sites for hydroxylation is 1. The van der Waals surface area contributed by atoms with Crippen molar-refractivity contribution in [2.45, 2.75) is 23.8 Å². The van der Waals surface area contributed by atoms with Crippen LogP contribution < -0.4 is 4.72 Å². The maximum atomic E-state index is 3.66. The first kappa shape index (κ1) is 22.8. The zero-order chi connectivity index (χ0) is 23.2. The van der Waals surface area contributed by atoms with E-state index >= 15 is 0 Å². The Labute approximate surface area is 206 Å². The third-order valence-electron chi connectivity index (χ3n) is 6.53. The number of nitrogens with one attached hydrogen (secondary N) is 2. The molecular formula is C29H32N4S. The second-order valence-electron chi connectivity index (χ2n) is 8.80. The van der Waals surface area contributed by atoms with Crippen molar-refractivity contribution in [3.8, 4) is 0 Å². The molecule has 0 saturated carbocycles. The van der Waals surface area contributed by atoms with Crippen LogP contribution in [0.5, 0.6) is 0 Å². The fraction of sp³-hybridized carbons (Fsp3) is 0.241. The topological polar surface area (TPSA) is 36.0 Å². The highest BCUT2D eigenvalue weighted by Gasteiger charge is 2.26. The maximum absolute atomic E-state index is 3.66. The van der Waals surface area contributed by atoms with Crippen LogP contribution in [0, 0.1) is 0 Å². The van der Waals surface area contributed by atoms with Crippen molar-refractivity contribution in [1.29, 1.82) is 0 Å². The van der Waals surface area contributed by atoms with Gasteiger partial charge >= 0.3 is 0 Å². The number of nitrogens with zero attached hydrogens (tertiary/aromatic N) is 2. The molecule has 1 aliphatic rings. The van der Waals surface area contributed by atoms with Gasteiger partial charge < -0.3 is 9.55 Å². The summed E-state index contributed by atoms with van der Waals surface area (Å²) >= 11 is 1.73. The molecule has 4 nitrogen and oxygen atoms in total. The van der Waals surface area contributed by atoms with E-state index in [1.165, 1.54) is 58.2 Å². The average Bonchev–Trinajstić information content (AvgIpc) is 3.64. The summed E-state index contributed by atoms with van der Waals surface area (Å²) in [6.45, 7) is 3.31. The van der Waals surface area contributed by atoms with Crippen molar-refractivity contribution in [2.75, 3.05) is 19.6 Å². The Balaban J connectivity index is 0.000000351. The summed E-state index contributed by atoms with van der Waals surface area (Å²) in [4.78, 5) is 7.19. The lowest BCUT2D eigenvalue weighted by Crippen LogP contribution is -2.32. The predicted molar refractivity (Wildman–Crippen MR) is 145 cm³/mol. The molecule has 1 atom stereocenters. The second-order valence-corrected chi connectivity index (χ2v) is 9.77. The van der Waals surface area contributed by atoms with Gasteiger partial charge in [-0.3, -0.25) is 9.62 Å². The van der Waals surface area contributed by atoms with Crippen molar-refractivity contribution >= 4 is 33.8 Å². The third-order valence-corrected chi connectivity index (χ3v) is 7.33. The predicted octanol–water partition coefficient (Wildman–Crippen LogP) is 6.78. The molecule has 3 heterocycles. The first-order chi connectivity index (χ1) is 16.8. The first-order valence-electron chi connectivity index (χ1n) is 12.0. The molecular weight excluding hydrogens is 436 g/mol. The fourth-order valence-corrected chi connectivity index (χ4v) is 5.53. The van der Waals surface area contributed by atoms with Crippen molar-refractivity contribution in [3.63, 3.8) is 0 Å². The lowest BCUT2D eigenvalue weighted by molar-refractivity contribution is 0.249. The summed E-state index contributed by atoms with van der Waals surface area (Å²) < 4.78 is 5.92. The van der Waals surface area contributed by atoms with E-state index < -0.39 is 0 Å². The third kappa shape index (κ3) is 5.22. The van der Waals surface area contributed by atoms with E-state index in [1.54, 1.807) is 11.9 Å². The van der Waals surface area contributed by atoms with Gasteiger partial charge in [0.05, 0.1) is 6.04 Å². The molecule has 174 valence electrons. The number of aromatic nitrogens is 2. The Hall–Kier alpha value is -2.99. The molecule has 1 aliphatic heterocycles. The molecule has 0 amide bonds. The molecule has 6 rings (SSSR count). The lowest BCUT2D eigenvalue weighted by Gasteiger charge is -2.27. The van der Waals surface area contributed by atoms with Gasteiger partial charge in [-0.05, 0) is 73.1 Å². The summed E-state index contributed by atoms with van der Waals surface area (Å²) in [5, 5.41) is 2.64. The number of benzene rings is 3. The lowest BCUT2D eigenvalue weighted by atomic mass is 10.0. The van der Waals surface area contributed by atoms with Crippen LogP contribution in [0.1, 0.15) is 24.4 Å². The highest BCUT2D eigenvalue weighted by atomic mass is 32.2. The molecule has 0 radical (unpaired) electrons. The van der Waals surface area contributed by atoms with Gasteiger partial charge in [0.25, 0.3) is 0 Å². The minimum absolute atomic E-state index is 0.398. The summed E-state index contributed by atoms with van der Waals surface area (Å²) in [5.41, 5.74) is 3.94. The number of rotatable bonds is 6. The van der Waals surface area contributed by atoms with Crippen molar-refractivity contribution in [1.82, 2.24) is 19.2 Å². The Morgan fingerprint density at radius 2 is 1.65 bits per heavy atom. The number of fused-ring (bicyclic) bond motifs is 2. The number of H-pyrrole nitrogens is 1. The summed E-state index contributed by atoms with van der Waals surface area (Å²) in [6.07, 6.45) is 6.93. The molecule has 1 saturated heterocycles. The maximum Gasteiger partial charge on any atom is 0.0503 e.